The number of anilines is 2. The van der Waals surface area contributed by atoms with Gasteiger partial charge in [-0.15, -0.1) is 0 Å². The van der Waals surface area contributed by atoms with Crippen molar-refractivity contribution >= 4 is 34.9 Å². The van der Waals surface area contributed by atoms with Gasteiger partial charge in [-0.25, -0.2) is 9.18 Å². The summed E-state index contributed by atoms with van der Waals surface area (Å²) < 4.78 is 23.8. The highest BCUT2D eigenvalue weighted by molar-refractivity contribution is 6.30. The molecule has 0 unspecified atom stereocenters. The van der Waals surface area contributed by atoms with Crippen molar-refractivity contribution in [1.29, 1.82) is 0 Å². The molecule has 2 aromatic carbocycles. The zero-order valence-electron chi connectivity index (χ0n) is 14.4. The molecule has 0 aromatic heterocycles. The zero-order chi connectivity index (χ0) is 19.2. The molecule has 0 spiro atoms. The van der Waals surface area contributed by atoms with E-state index in [-0.39, 0.29) is 10.6 Å². The minimum absolute atomic E-state index is 0.169. The van der Waals surface area contributed by atoms with Gasteiger partial charge in [0.25, 0.3) is 5.91 Å². The summed E-state index contributed by atoms with van der Waals surface area (Å²) in [5.74, 6) is -2.24. The van der Waals surface area contributed by atoms with Crippen molar-refractivity contribution < 1.29 is 23.5 Å². The first-order valence-corrected chi connectivity index (χ1v) is 8.75. The summed E-state index contributed by atoms with van der Waals surface area (Å²) in [5, 5.41) is 2.80. The molecular formula is C19H18ClFN2O4. The van der Waals surface area contributed by atoms with Crippen molar-refractivity contribution in [2.45, 2.75) is 0 Å². The fraction of sp³-hybridized carbons (Fsp3) is 0.263. The fourth-order valence-corrected chi connectivity index (χ4v) is 2.80. The molecule has 2 aromatic rings. The molecule has 0 saturated carbocycles. The van der Waals surface area contributed by atoms with E-state index in [0.29, 0.717) is 18.9 Å². The Morgan fingerprint density at radius 2 is 1.85 bits per heavy atom. The van der Waals surface area contributed by atoms with Crippen molar-refractivity contribution in [2.24, 2.45) is 0 Å². The number of morpholine rings is 1. The average molecular weight is 393 g/mol. The van der Waals surface area contributed by atoms with E-state index < -0.39 is 24.3 Å². The van der Waals surface area contributed by atoms with Gasteiger partial charge in [0.15, 0.2) is 6.61 Å². The Labute approximate surface area is 160 Å². The van der Waals surface area contributed by atoms with E-state index in [1.807, 2.05) is 12.1 Å². The van der Waals surface area contributed by atoms with Crippen LogP contribution in [0.5, 0.6) is 0 Å². The smallest absolute Gasteiger partial charge is 0.341 e. The van der Waals surface area contributed by atoms with Gasteiger partial charge < -0.3 is 19.7 Å². The number of nitrogens with zero attached hydrogens (tertiary/aromatic N) is 1. The molecule has 142 valence electrons. The number of halogens is 2. The van der Waals surface area contributed by atoms with Crippen LogP contribution in [0.4, 0.5) is 15.8 Å². The number of nitrogens with one attached hydrogen (secondary N) is 1. The highest BCUT2D eigenvalue weighted by Crippen LogP contribution is 2.19. The number of hydrogen-bond donors (Lipinski definition) is 1. The highest BCUT2D eigenvalue weighted by Gasteiger charge is 2.15. The van der Waals surface area contributed by atoms with Gasteiger partial charge in [0.1, 0.15) is 5.82 Å². The maximum atomic E-state index is 13.7. The molecule has 27 heavy (non-hydrogen) atoms. The van der Waals surface area contributed by atoms with E-state index in [9.17, 15) is 14.0 Å². The summed E-state index contributed by atoms with van der Waals surface area (Å²) in [6.07, 6.45) is 0. The van der Waals surface area contributed by atoms with Crippen LogP contribution >= 0.6 is 11.6 Å². The molecule has 1 heterocycles. The predicted octanol–water partition coefficient (Wildman–Crippen LogP) is 3.11. The summed E-state index contributed by atoms with van der Waals surface area (Å²) in [6, 6.07) is 10.9. The van der Waals surface area contributed by atoms with Gasteiger partial charge >= 0.3 is 5.97 Å². The second kappa shape index (κ2) is 8.83. The van der Waals surface area contributed by atoms with Gasteiger partial charge in [-0.3, -0.25) is 4.79 Å². The van der Waals surface area contributed by atoms with Crippen molar-refractivity contribution in [3.8, 4) is 0 Å². The third-order valence-electron chi connectivity index (χ3n) is 4.01. The Morgan fingerprint density at radius 3 is 2.52 bits per heavy atom. The third kappa shape index (κ3) is 5.18. The van der Waals surface area contributed by atoms with Crippen LogP contribution in [0.25, 0.3) is 0 Å². The first-order chi connectivity index (χ1) is 13.0. The summed E-state index contributed by atoms with van der Waals surface area (Å²) in [5.41, 5.74) is 1.34. The Balaban J connectivity index is 1.50. The topological polar surface area (TPSA) is 67.9 Å². The van der Waals surface area contributed by atoms with Crippen LogP contribution < -0.4 is 10.2 Å². The number of esters is 1. The molecule has 1 saturated heterocycles. The van der Waals surface area contributed by atoms with E-state index in [2.05, 4.69) is 10.2 Å². The fourth-order valence-electron chi connectivity index (χ4n) is 2.64. The van der Waals surface area contributed by atoms with Crippen molar-refractivity contribution in [3.05, 3.63) is 58.9 Å². The molecule has 1 aliphatic rings. The number of carbonyl (C=O) groups is 2. The first-order valence-electron chi connectivity index (χ1n) is 8.38. The number of rotatable bonds is 5. The molecule has 0 atom stereocenters. The average Bonchev–Trinajstić information content (AvgIpc) is 2.67. The summed E-state index contributed by atoms with van der Waals surface area (Å²) >= 11 is 5.63. The Morgan fingerprint density at radius 1 is 1.15 bits per heavy atom. The van der Waals surface area contributed by atoms with Crippen molar-refractivity contribution in [2.75, 3.05) is 43.1 Å². The second-order valence-corrected chi connectivity index (χ2v) is 6.33. The van der Waals surface area contributed by atoms with Crippen LogP contribution in [0.1, 0.15) is 10.4 Å². The van der Waals surface area contributed by atoms with Gasteiger partial charge in [-0.1, -0.05) is 11.6 Å². The summed E-state index contributed by atoms with van der Waals surface area (Å²) in [6.45, 7) is 2.51. The van der Waals surface area contributed by atoms with E-state index >= 15 is 0 Å². The van der Waals surface area contributed by atoms with Gasteiger partial charge in [0, 0.05) is 29.5 Å². The quantitative estimate of drug-likeness (QED) is 0.792. The summed E-state index contributed by atoms with van der Waals surface area (Å²) in [4.78, 5) is 26.0. The molecule has 8 heteroatoms. The lowest BCUT2D eigenvalue weighted by Gasteiger charge is -2.28. The lowest BCUT2D eigenvalue weighted by atomic mass is 10.2. The number of hydrogen-bond acceptors (Lipinski definition) is 5. The molecule has 1 N–H and O–H groups in total. The largest absolute Gasteiger partial charge is 0.452 e. The van der Waals surface area contributed by atoms with E-state index in [4.69, 9.17) is 21.1 Å². The van der Waals surface area contributed by atoms with Crippen molar-refractivity contribution in [1.82, 2.24) is 0 Å². The zero-order valence-corrected chi connectivity index (χ0v) is 15.2. The van der Waals surface area contributed by atoms with Crippen LogP contribution in [0.3, 0.4) is 0 Å². The van der Waals surface area contributed by atoms with Crippen LogP contribution in [0, 0.1) is 5.82 Å². The Hall–Kier alpha value is -2.64. The van der Waals surface area contributed by atoms with Gasteiger partial charge in [0.2, 0.25) is 0 Å². The van der Waals surface area contributed by atoms with Crippen molar-refractivity contribution in [3.63, 3.8) is 0 Å². The standard InChI is InChI=1S/C19H18ClFN2O4/c20-13-1-6-16(17(21)11-13)19(25)27-12-18(24)22-14-2-4-15(5-3-14)23-7-9-26-10-8-23/h1-6,11H,7-10,12H2,(H,22,24). The maximum absolute atomic E-state index is 13.7. The molecule has 0 bridgehead atoms. The van der Waals surface area contributed by atoms with Crippen LogP contribution in [-0.2, 0) is 14.3 Å². The number of ether oxygens (including phenoxy) is 2. The number of amides is 1. The number of carbonyl (C=O) groups excluding carboxylic acids is 2. The van der Waals surface area contributed by atoms with E-state index in [0.717, 1.165) is 24.8 Å². The summed E-state index contributed by atoms with van der Waals surface area (Å²) in [7, 11) is 0. The SMILES string of the molecule is O=C(COC(=O)c1ccc(Cl)cc1F)Nc1ccc(N2CCOCC2)cc1. The Kier molecular flexibility index (Phi) is 6.26. The normalized spacial score (nSPS) is 13.9. The molecular weight excluding hydrogens is 375 g/mol. The van der Waals surface area contributed by atoms with Gasteiger partial charge in [0.05, 0.1) is 18.8 Å². The molecule has 0 aliphatic carbocycles. The molecule has 0 radical (unpaired) electrons. The van der Waals surface area contributed by atoms with Gasteiger partial charge in [-0.05, 0) is 42.5 Å². The van der Waals surface area contributed by atoms with Gasteiger partial charge in [-0.2, -0.15) is 0 Å². The predicted molar refractivity (Wildman–Crippen MR) is 99.8 cm³/mol. The molecule has 1 amide bonds. The Bertz CT molecular complexity index is 823. The minimum atomic E-state index is -0.929. The van der Waals surface area contributed by atoms with E-state index in [1.54, 1.807) is 12.1 Å². The highest BCUT2D eigenvalue weighted by atomic mass is 35.5. The lowest BCUT2D eigenvalue weighted by Crippen LogP contribution is -2.36. The molecule has 6 nitrogen and oxygen atoms in total. The van der Waals surface area contributed by atoms with Crippen LogP contribution in [-0.4, -0.2) is 44.8 Å². The minimum Gasteiger partial charge on any atom is -0.452 e. The molecule has 1 fully saturated rings. The molecule has 1 aliphatic heterocycles. The van der Waals surface area contributed by atoms with Crippen LogP contribution in [0.2, 0.25) is 5.02 Å². The monoisotopic (exact) mass is 392 g/mol. The maximum Gasteiger partial charge on any atom is 0.341 e. The lowest BCUT2D eigenvalue weighted by molar-refractivity contribution is -0.119. The first kappa shape index (κ1) is 19.1. The third-order valence-corrected chi connectivity index (χ3v) is 4.25. The van der Waals surface area contributed by atoms with E-state index in [1.165, 1.54) is 12.1 Å². The molecule has 3 rings (SSSR count). The van der Waals surface area contributed by atoms with Crippen LogP contribution in [0.15, 0.2) is 42.5 Å². The second-order valence-electron chi connectivity index (χ2n) is 5.89. The number of benzene rings is 2.